The average Bonchev–Trinajstić information content (AvgIpc) is 2.87. The molecule has 0 bridgehead atoms. The minimum Gasteiger partial charge on any atom is -0.497 e. The molecule has 2 aromatic carbocycles. The van der Waals surface area contributed by atoms with Crippen LogP contribution in [-0.2, 0) is 24.3 Å². The molecule has 0 N–H and O–H groups in total. The number of sulfonamides is 1. The van der Waals surface area contributed by atoms with Crippen LogP contribution >= 0.6 is 0 Å². The number of ether oxygens (including phenoxy) is 3. The molecule has 4 rings (SSSR count). The zero-order valence-corrected chi connectivity index (χ0v) is 19.3. The van der Waals surface area contributed by atoms with Gasteiger partial charge in [-0.1, -0.05) is 12.1 Å². The van der Waals surface area contributed by atoms with Gasteiger partial charge in [0.15, 0.2) is 0 Å². The smallest absolute Gasteiger partial charge is 0.348 e. The molecule has 2 atom stereocenters. The van der Waals surface area contributed by atoms with Gasteiger partial charge >= 0.3 is 5.97 Å². The lowest BCUT2D eigenvalue weighted by molar-refractivity contribution is -0.148. The number of piperidine rings is 1. The van der Waals surface area contributed by atoms with E-state index < -0.39 is 28.0 Å². The van der Waals surface area contributed by atoms with Crippen molar-refractivity contribution in [2.75, 3.05) is 38.8 Å². The maximum absolute atomic E-state index is 13.5. The van der Waals surface area contributed by atoms with Gasteiger partial charge < -0.3 is 19.1 Å². The molecule has 0 aliphatic carbocycles. The van der Waals surface area contributed by atoms with Gasteiger partial charge in [0.2, 0.25) is 22.0 Å². The van der Waals surface area contributed by atoms with E-state index in [1.54, 1.807) is 36.4 Å². The Kier molecular flexibility index (Phi) is 6.57. The molecule has 9 nitrogen and oxygen atoms in total. The number of hydrogen-bond acceptors (Lipinski definition) is 7. The Morgan fingerprint density at radius 3 is 2.45 bits per heavy atom. The van der Waals surface area contributed by atoms with Gasteiger partial charge in [0.05, 0.1) is 37.3 Å². The summed E-state index contributed by atoms with van der Waals surface area (Å²) in [6.07, 6.45) is 0.158. The Labute approximate surface area is 192 Å². The van der Waals surface area contributed by atoms with Crippen LogP contribution in [0.4, 0.5) is 5.69 Å². The molecular weight excluding hydrogens is 448 g/mol. The highest BCUT2D eigenvalue weighted by Crippen LogP contribution is 2.35. The van der Waals surface area contributed by atoms with Crippen LogP contribution in [0.2, 0.25) is 0 Å². The van der Waals surface area contributed by atoms with E-state index in [9.17, 15) is 18.0 Å². The summed E-state index contributed by atoms with van der Waals surface area (Å²) in [4.78, 5) is 27.3. The number of esters is 1. The van der Waals surface area contributed by atoms with Gasteiger partial charge in [0.1, 0.15) is 11.5 Å². The molecule has 2 aliphatic rings. The Morgan fingerprint density at radius 1 is 1.03 bits per heavy atom. The Bertz CT molecular complexity index is 1130. The molecule has 2 aliphatic heterocycles. The summed E-state index contributed by atoms with van der Waals surface area (Å²) in [6, 6.07) is 13.2. The number of nitrogens with zero attached hydrogens (tertiary/aromatic N) is 2. The van der Waals surface area contributed by atoms with Gasteiger partial charge in [-0.05, 0) is 49.2 Å². The predicted octanol–water partition coefficient (Wildman–Crippen LogP) is 2.06. The van der Waals surface area contributed by atoms with Crippen LogP contribution in [0.3, 0.4) is 0 Å². The highest BCUT2D eigenvalue weighted by atomic mass is 32.2. The summed E-state index contributed by atoms with van der Waals surface area (Å²) in [6.45, 7) is 0.405. The molecule has 176 valence electrons. The first-order valence-corrected chi connectivity index (χ1v) is 12.1. The third-order valence-electron chi connectivity index (χ3n) is 5.93. The predicted molar refractivity (Wildman–Crippen MR) is 120 cm³/mol. The molecule has 0 radical (unpaired) electrons. The van der Waals surface area contributed by atoms with E-state index in [0.717, 1.165) is 0 Å². The van der Waals surface area contributed by atoms with Gasteiger partial charge in [0, 0.05) is 13.1 Å². The molecule has 1 saturated heterocycles. The molecule has 1 fully saturated rings. The third-order valence-corrected chi connectivity index (χ3v) is 7.81. The van der Waals surface area contributed by atoms with Crippen molar-refractivity contribution in [2.24, 2.45) is 5.92 Å². The van der Waals surface area contributed by atoms with E-state index >= 15 is 0 Å². The summed E-state index contributed by atoms with van der Waals surface area (Å²) in [5, 5.41) is 0. The van der Waals surface area contributed by atoms with Crippen LogP contribution in [0, 0.1) is 5.92 Å². The molecule has 2 heterocycles. The minimum atomic E-state index is -3.76. The standard InChI is InChI=1S/C23H26N2O7S/c1-30-17-9-11-18(12-10-17)33(28,29)24-13-5-6-16(14-24)22(26)25-15-21(23(27)31-2)32-20-8-4-3-7-19(20)25/h3-4,7-12,16,21H,5-6,13-15H2,1-2H3/t16-,21+/m0/s1. The van der Waals surface area contributed by atoms with Crippen LogP contribution < -0.4 is 14.4 Å². The monoisotopic (exact) mass is 474 g/mol. The lowest BCUT2D eigenvalue weighted by Crippen LogP contribution is -2.52. The zero-order valence-electron chi connectivity index (χ0n) is 18.5. The van der Waals surface area contributed by atoms with Crippen molar-refractivity contribution in [1.29, 1.82) is 0 Å². The maximum atomic E-state index is 13.5. The normalized spacial score (nSPS) is 21.0. The molecule has 2 aromatic rings. The number of anilines is 1. The second kappa shape index (κ2) is 9.40. The van der Waals surface area contributed by atoms with Gasteiger partial charge in [-0.3, -0.25) is 4.79 Å². The number of para-hydroxylation sites is 2. The number of rotatable bonds is 5. The lowest BCUT2D eigenvalue weighted by atomic mass is 9.97. The average molecular weight is 475 g/mol. The zero-order chi connectivity index (χ0) is 23.6. The number of amides is 1. The van der Waals surface area contributed by atoms with Crippen molar-refractivity contribution in [2.45, 2.75) is 23.8 Å². The Hall–Kier alpha value is -3.11. The minimum absolute atomic E-state index is 0.00422. The van der Waals surface area contributed by atoms with E-state index in [1.807, 2.05) is 0 Å². The third kappa shape index (κ3) is 4.53. The molecule has 10 heteroatoms. The molecule has 0 spiro atoms. The van der Waals surface area contributed by atoms with E-state index in [-0.39, 0.29) is 23.9 Å². The van der Waals surface area contributed by atoms with Gasteiger partial charge in [-0.25, -0.2) is 13.2 Å². The van der Waals surface area contributed by atoms with Crippen LogP contribution in [0.1, 0.15) is 12.8 Å². The topological polar surface area (TPSA) is 102 Å². The summed E-state index contributed by atoms with van der Waals surface area (Å²) < 4.78 is 43.4. The molecular formula is C23H26N2O7S. The first kappa shape index (κ1) is 23.1. The number of benzene rings is 2. The SMILES string of the molecule is COC(=O)[C@H]1CN(C(=O)[C@H]2CCCN(S(=O)(=O)c3ccc(OC)cc3)C2)c2ccccc2O1. The fourth-order valence-corrected chi connectivity index (χ4v) is 5.70. The van der Waals surface area contributed by atoms with Gasteiger partial charge in [-0.2, -0.15) is 4.31 Å². The number of methoxy groups -OCH3 is 2. The Morgan fingerprint density at radius 2 is 1.76 bits per heavy atom. The number of carbonyl (C=O) groups is 2. The second-order valence-electron chi connectivity index (χ2n) is 7.92. The highest BCUT2D eigenvalue weighted by Gasteiger charge is 2.40. The van der Waals surface area contributed by atoms with Crippen molar-refractivity contribution in [3.63, 3.8) is 0 Å². The Balaban J connectivity index is 1.56. The van der Waals surface area contributed by atoms with E-state index in [4.69, 9.17) is 14.2 Å². The van der Waals surface area contributed by atoms with Gasteiger partial charge in [0.25, 0.3) is 0 Å². The summed E-state index contributed by atoms with van der Waals surface area (Å²) in [7, 11) is -0.987. The van der Waals surface area contributed by atoms with E-state index in [2.05, 4.69) is 0 Å². The summed E-state index contributed by atoms with van der Waals surface area (Å²) in [5.41, 5.74) is 0.554. The summed E-state index contributed by atoms with van der Waals surface area (Å²) in [5.74, 6) is -0.391. The highest BCUT2D eigenvalue weighted by molar-refractivity contribution is 7.89. The van der Waals surface area contributed by atoms with Crippen LogP contribution in [0.15, 0.2) is 53.4 Å². The number of carbonyl (C=O) groups excluding carboxylic acids is 2. The van der Waals surface area contributed by atoms with Crippen molar-refractivity contribution in [3.05, 3.63) is 48.5 Å². The first-order chi connectivity index (χ1) is 15.8. The largest absolute Gasteiger partial charge is 0.497 e. The van der Waals surface area contributed by atoms with Crippen molar-refractivity contribution >= 4 is 27.6 Å². The van der Waals surface area contributed by atoms with Gasteiger partial charge in [-0.15, -0.1) is 0 Å². The van der Waals surface area contributed by atoms with Crippen LogP contribution in [0.5, 0.6) is 11.5 Å². The second-order valence-corrected chi connectivity index (χ2v) is 9.86. The van der Waals surface area contributed by atoms with E-state index in [1.165, 1.54) is 35.6 Å². The molecule has 1 amide bonds. The van der Waals surface area contributed by atoms with Crippen LogP contribution in [-0.4, -0.2) is 64.6 Å². The van der Waals surface area contributed by atoms with Crippen molar-refractivity contribution in [3.8, 4) is 11.5 Å². The lowest BCUT2D eigenvalue weighted by Gasteiger charge is -2.38. The van der Waals surface area contributed by atoms with Crippen molar-refractivity contribution in [1.82, 2.24) is 4.31 Å². The molecule has 0 unspecified atom stereocenters. The number of hydrogen-bond donors (Lipinski definition) is 0. The van der Waals surface area contributed by atoms with E-state index in [0.29, 0.717) is 36.6 Å². The fraction of sp³-hybridized carbons (Fsp3) is 0.391. The molecule has 0 saturated carbocycles. The quantitative estimate of drug-likeness (QED) is 0.611. The van der Waals surface area contributed by atoms with Crippen LogP contribution in [0.25, 0.3) is 0 Å². The molecule has 33 heavy (non-hydrogen) atoms. The number of fused-ring (bicyclic) bond motifs is 1. The molecule has 0 aromatic heterocycles. The first-order valence-electron chi connectivity index (χ1n) is 10.6. The fourth-order valence-electron chi connectivity index (χ4n) is 4.18. The summed E-state index contributed by atoms with van der Waals surface area (Å²) >= 11 is 0. The maximum Gasteiger partial charge on any atom is 0.348 e. The van der Waals surface area contributed by atoms with Crippen molar-refractivity contribution < 1.29 is 32.2 Å².